The Bertz CT molecular complexity index is 763. The van der Waals surface area contributed by atoms with Gasteiger partial charge in [-0.25, -0.2) is 0 Å². The summed E-state index contributed by atoms with van der Waals surface area (Å²) < 4.78 is 5.65. The van der Waals surface area contributed by atoms with Crippen molar-refractivity contribution in [2.75, 3.05) is 0 Å². The van der Waals surface area contributed by atoms with Gasteiger partial charge in [0, 0.05) is 10.6 Å². The molecule has 0 saturated heterocycles. The van der Waals surface area contributed by atoms with Gasteiger partial charge >= 0.3 is 0 Å². The lowest BCUT2D eigenvalue weighted by Crippen LogP contribution is -2.41. The molecule has 7 heteroatoms. The highest BCUT2D eigenvalue weighted by molar-refractivity contribution is 6.36. The number of amides is 2. The molecule has 2 aromatic rings. The normalized spacial score (nSPS) is 11.5. The number of carbonyl (C=O) groups excluding carboxylic acids is 2. The molecule has 0 fully saturated rings. The smallest absolute Gasteiger partial charge is 0.271 e. The van der Waals surface area contributed by atoms with Crippen LogP contribution in [-0.4, -0.2) is 17.9 Å². The van der Waals surface area contributed by atoms with E-state index in [2.05, 4.69) is 10.9 Å². The molecular formula is C18H18Cl2N2O3. The summed E-state index contributed by atoms with van der Waals surface area (Å²) in [7, 11) is 0. The monoisotopic (exact) mass is 380 g/mol. The molecule has 0 bridgehead atoms. The number of hydrazine groups is 1. The predicted octanol–water partition coefficient (Wildman–Crippen LogP) is 4.25. The van der Waals surface area contributed by atoms with Gasteiger partial charge in [-0.05, 0) is 55.8 Å². The lowest BCUT2D eigenvalue weighted by Gasteiger charge is -2.13. The van der Waals surface area contributed by atoms with Gasteiger partial charge in [0.25, 0.3) is 11.8 Å². The molecule has 0 aliphatic carbocycles. The van der Waals surface area contributed by atoms with Crippen LogP contribution in [0, 0.1) is 0 Å². The second-order valence-electron chi connectivity index (χ2n) is 5.39. The molecule has 2 N–H and O–H groups in total. The van der Waals surface area contributed by atoms with Gasteiger partial charge in [0.05, 0.1) is 16.7 Å². The Kier molecular flexibility index (Phi) is 6.67. The Morgan fingerprint density at radius 2 is 1.68 bits per heavy atom. The Balaban J connectivity index is 1.94. The largest absolute Gasteiger partial charge is 0.491 e. The van der Waals surface area contributed by atoms with Crippen LogP contribution in [0.3, 0.4) is 0 Å². The Morgan fingerprint density at radius 3 is 2.28 bits per heavy atom. The summed E-state index contributed by atoms with van der Waals surface area (Å²) in [6.45, 7) is 4.00. The van der Waals surface area contributed by atoms with Crippen molar-refractivity contribution in [2.24, 2.45) is 0 Å². The van der Waals surface area contributed by atoms with Crippen LogP contribution >= 0.6 is 23.2 Å². The van der Waals surface area contributed by atoms with Crippen LogP contribution in [0.15, 0.2) is 42.5 Å². The van der Waals surface area contributed by atoms with Gasteiger partial charge in [0.2, 0.25) is 0 Å². The standard InChI is InChI=1S/C18H18Cl2N2O3/c1-3-11(2)25-14-7-4-12(5-8-14)17(23)21-22-18(24)15-9-6-13(19)10-16(15)20/h4-11H,3H2,1-2H3,(H,21,23)(H,22,24). The van der Waals surface area contributed by atoms with E-state index in [1.54, 1.807) is 30.3 Å². The highest BCUT2D eigenvalue weighted by Gasteiger charge is 2.12. The van der Waals surface area contributed by atoms with Gasteiger partial charge < -0.3 is 4.74 Å². The summed E-state index contributed by atoms with van der Waals surface area (Å²) in [4.78, 5) is 24.1. The maximum atomic E-state index is 12.1. The number of benzene rings is 2. The SMILES string of the molecule is CCC(C)Oc1ccc(C(=O)NNC(=O)c2ccc(Cl)cc2Cl)cc1. The van der Waals surface area contributed by atoms with E-state index in [1.165, 1.54) is 12.1 Å². The molecule has 2 amide bonds. The van der Waals surface area contributed by atoms with Crippen LogP contribution in [0.1, 0.15) is 41.0 Å². The average molecular weight is 381 g/mol. The third-order valence-electron chi connectivity index (χ3n) is 3.49. The Hall–Kier alpha value is -2.24. The van der Waals surface area contributed by atoms with Crippen LogP contribution in [0.25, 0.3) is 0 Å². The van der Waals surface area contributed by atoms with E-state index in [1.807, 2.05) is 13.8 Å². The number of rotatable bonds is 5. The van der Waals surface area contributed by atoms with Gasteiger partial charge in [0.1, 0.15) is 5.75 Å². The topological polar surface area (TPSA) is 67.4 Å². The Morgan fingerprint density at radius 1 is 1.04 bits per heavy atom. The van der Waals surface area contributed by atoms with Crippen molar-refractivity contribution in [3.8, 4) is 5.75 Å². The predicted molar refractivity (Wildman–Crippen MR) is 98.2 cm³/mol. The van der Waals surface area contributed by atoms with Crippen molar-refractivity contribution in [2.45, 2.75) is 26.4 Å². The molecule has 0 radical (unpaired) electrons. The first-order valence-corrected chi connectivity index (χ1v) is 8.48. The minimum absolute atomic E-state index is 0.100. The van der Waals surface area contributed by atoms with E-state index in [9.17, 15) is 9.59 Å². The number of hydrogen-bond donors (Lipinski definition) is 2. The summed E-state index contributed by atoms with van der Waals surface area (Å²) in [6, 6.07) is 11.1. The fourth-order valence-electron chi connectivity index (χ4n) is 1.93. The van der Waals surface area contributed by atoms with Crippen molar-refractivity contribution in [3.05, 3.63) is 63.6 Å². The maximum Gasteiger partial charge on any atom is 0.271 e. The molecule has 2 aromatic carbocycles. The molecule has 0 heterocycles. The summed E-state index contributed by atoms with van der Waals surface area (Å²) >= 11 is 11.7. The highest BCUT2D eigenvalue weighted by Crippen LogP contribution is 2.20. The summed E-state index contributed by atoms with van der Waals surface area (Å²) in [5, 5.41) is 0.621. The van der Waals surface area contributed by atoms with Gasteiger partial charge in [-0.3, -0.25) is 20.4 Å². The quantitative estimate of drug-likeness (QED) is 0.761. The van der Waals surface area contributed by atoms with Crippen molar-refractivity contribution < 1.29 is 14.3 Å². The van der Waals surface area contributed by atoms with Gasteiger partial charge in [0.15, 0.2) is 0 Å². The summed E-state index contributed by atoms with van der Waals surface area (Å²) in [5.74, 6) is -0.303. The van der Waals surface area contributed by atoms with E-state index in [-0.39, 0.29) is 16.7 Å². The van der Waals surface area contributed by atoms with Crippen molar-refractivity contribution in [1.82, 2.24) is 10.9 Å². The molecule has 0 aliphatic heterocycles. The van der Waals surface area contributed by atoms with Crippen LogP contribution < -0.4 is 15.6 Å². The van der Waals surface area contributed by atoms with Crippen LogP contribution in [0.5, 0.6) is 5.75 Å². The zero-order valence-corrected chi connectivity index (χ0v) is 15.3. The summed E-state index contributed by atoms with van der Waals surface area (Å²) in [5.41, 5.74) is 5.26. The minimum atomic E-state index is -0.535. The van der Waals surface area contributed by atoms with Crippen molar-refractivity contribution in [3.63, 3.8) is 0 Å². The summed E-state index contributed by atoms with van der Waals surface area (Å²) in [6.07, 6.45) is 0.990. The second-order valence-corrected chi connectivity index (χ2v) is 6.24. The number of ether oxygens (including phenoxy) is 1. The van der Waals surface area contributed by atoms with Crippen molar-refractivity contribution >= 4 is 35.0 Å². The van der Waals surface area contributed by atoms with Crippen LogP contribution in [-0.2, 0) is 0 Å². The number of nitrogens with one attached hydrogen (secondary N) is 2. The number of hydrogen-bond acceptors (Lipinski definition) is 3. The highest BCUT2D eigenvalue weighted by atomic mass is 35.5. The van der Waals surface area contributed by atoms with Crippen molar-refractivity contribution in [1.29, 1.82) is 0 Å². The average Bonchev–Trinajstić information content (AvgIpc) is 2.60. The van der Waals surface area contributed by atoms with Crippen LogP contribution in [0.2, 0.25) is 10.0 Å². The first-order valence-electron chi connectivity index (χ1n) is 7.73. The molecule has 0 aromatic heterocycles. The van der Waals surface area contributed by atoms with Crippen LogP contribution in [0.4, 0.5) is 0 Å². The second kappa shape index (κ2) is 8.74. The van der Waals surface area contributed by atoms with E-state index in [4.69, 9.17) is 27.9 Å². The molecule has 0 spiro atoms. The first kappa shape index (κ1) is 19.1. The Labute approximate surface area is 156 Å². The number of carbonyl (C=O) groups is 2. The van der Waals surface area contributed by atoms with Gasteiger partial charge in [-0.1, -0.05) is 30.1 Å². The number of halogens is 2. The van der Waals surface area contributed by atoms with E-state index in [0.29, 0.717) is 16.3 Å². The molecule has 25 heavy (non-hydrogen) atoms. The lowest BCUT2D eigenvalue weighted by atomic mass is 10.2. The minimum Gasteiger partial charge on any atom is -0.491 e. The molecule has 0 aliphatic rings. The lowest BCUT2D eigenvalue weighted by molar-refractivity contribution is 0.0846. The third kappa shape index (κ3) is 5.37. The fourth-order valence-corrected chi connectivity index (χ4v) is 2.42. The third-order valence-corrected chi connectivity index (χ3v) is 4.04. The molecule has 2 rings (SSSR count). The molecule has 132 valence electrons. The molecular weight excluding hydrogens is 363 g/mol. The van der Waals surface area contributed by atoms with E-state index >= 15 is 0 Å². The van der Waals surface area contributed by atoms with E-state index < -0.39 is 11.8 Å². The molecule has 1 unspecified atom stereocenters. The van der Waals surface area contributed by atoms with Gasteiger partial charge in [-0.2, -0.15) is 0 Å². The zero-order chi connectivity index (χ0) is 18.4. The zero-order valence-electron chi connectivity index (χ0n) is 13.8. The molecule has 1 atom stereocenters. The van der Waals surface area contributed by atoms with E-state index in [0.717, 1.165) is 6.42 Å². The maximum absolute atomic E-state index is 12.1. The van der Waals surface area contributed by atoms with Gasteiger partial charge in [-0.15, -0.1) is 0 Å². The first-order chi connectivity index (χ1) is 11.9. The molecule has 0 saturated carbocycles. The molecule has 5 nitrogen and oxygen atoms in total. The fraction of sp³-hybridized carbons (Fsp3) is 0.222.